The van der Waals surface area contributed by atoms with E-state index in [9.17, 15) is 4.39 Å². The Morgan fingerprint density at radius 2 is 2.15 bits per heavy atom. The molecule has 0 bridgehead atoms. The smallest absolute Gasteiger partial charge is 0.133 e. The molecular formula is C10H10ClFO. The number of aliphatic hydroxyl groups is 1. The van der Waals surface area contributed by atoms with Crippen molar-refractivity contribution in [2.75, 3.05) is 0 Å². The molecule has 0 atom stereocenters. The van der Waals surface area contributed by atoms with E-state index < -0.39 is 0 Å². The lowest BCUT2D eigenvalue weighted by atomic mass is 10.1. The third-order valence-electron chi connectivity index (χ3n) is 2.36. The van der Waals surface area contributed by atoms with Crippen molar-refractivity contribution in [2.24, 2.45) is 0 Å². The van der Waals surface area contributed by atoms with E-state index in [-0.39, 0.29) is 18.3 Å². The second-order valence-corrected chi connectivity index (χ2v) is 3.77. The van der Waals surface area contributed by atoms with Crippen LogP contribution in [0, 0.1) is 5.82 Å². The van der Waals surface area contributed by atoms with Crippen molar-refractivity contribution < 1.29 is 9.50 Å². The number of aliphatic hydroxyl groups excluding tert-OH is 1. The molecule has 0 aliphatic heterocycles. The minimum Gasteiger partial charge on any atom is -0.392 e. The van der Waals surface area contributed by atoms with Crippen LogP contribution < -0.4 is 0 Å². The Morgan fingerprint density at radius 3 is 2.69 bits per heavy atom. The molecule has 0 heterocycles. The van der Waals surface area contributed by atoms with Gasteiger partial charge in [0.1, 0.15) is 5.82 Å². The second kappa shape index (κ2) is 3.28. The van der Waals surface area contributed by atoms with Crippen LogP contribution in [0.15, 0.2) is 12.1 Å². The summed E-state index contributed by atoms with van der Waals surface area (Å²) in [5, 5.41) is 9.34. The highest BCUT2D eigenvalue weighted by atomic mass is 35.5. The molecule has 0 unspecified atom stereocenters. The molecule has 1 nitrogen and oxygen atoms in total. The van der Waals surface area contributed by atoms with Crippen molar-refractivity contribution in [1.29, 1.82) is 0 Å². The summed E-state index contributed by atoms with van der Waals surface area (Å²) in [6, 6.07) is 3.19. The SMILES string of the molecule is OCc1ccc(Cl)c(C2CC2)c1F. The van der Waals surface area contributed by atoms with E-state index in [1.807, 2.05) is 0 Å². The molecule has 1 aromatic carbocycles. The van der Waals surface area contributed by atoms with Gasteiger partial charge in [0, 0.05) is 16.1 Å². The topological polar surface area (TPSA) is 20.2 Å². The van der Waals surface area contributed by atoms with Crippen LogP contribution in [-0.2, 0) is 6.61 Å². The molecule has 1 aromatic rings. The molecule has 0 saturated heterocycles. The Kier molecular flexibility index (Phi) is 2.26. The average Bonchev–Trinajstić information content (AvgIpc) is 2.89. The predicted octanol–water partition coefficient (Wildman–Crippen LogP) is 2.85. The van der Waals surface area contributed by atoms with E-state index in [1.54, 1.807) is 6.07 Å². The van der Waals surface area contributed by atoms with E-state index in [2.05, 4.69) is 0 Å². The quantitative estimate of drug-likeness (QED) is 0.779. The summed E-state index contributed by atoms with van der Waals surface area (Å²) in [6.07, 6.45) is 2.01. The van der Waals surface area contributed by atoms with Crippen LogP contribution in [0.1, 0.15) is 29.9 Å². The molecule has 0 amide bonds. The zero-order valence-electron chi connectivity index (χ0n) is 7.06. The lowest BCUT2D eigenvalue weighted by molar-refractivity contribution is 0.275. The first-order valence-corrected chi connectivity index (χ1v) is 4.69. The van der Waals surface area contributed by atoms with Crippen LogP contribution >= 0.6 is 11.6 Å². The summed E-state index contributed by atoms with van der Waals surface area (Å²) in [7, 11) is 0. The van der Waals surface area contributed by atoms with Crippen LogP contribution in [0.5, 0.6) is 0 Å². The molecule has 2 rings (SSSR count). The summed E-state index contributed by atoms with van der Waals surface area (Å²) >= 11 is 5.87. The Balaban J connectivity index is 2.50. The van der Waals surface area contributed by atoms with Gasteiger partial charge in [0.25, 0.3) is 0 Å². The molecule has 1 N–H and O–H groups in total. The summed E-state index contributed by atoms with van der Waals surface area (Å²) < 4.78 is 13.6. The maximum absolute atomic E-state index is 13.6. The highest BCUT2D eigenvalue weighted by Gasteiger charge is 2.29. The number of rotatable bonds is 2. The zero-order valence-corrected chi connectivity index (χ0v) is 7.81. The normalized spacial score (nSPS) is 16.2. The van der Waals surface area contributed by atoms with E-state index in [0.717, 1.165) is 12.8 Å². The number of hydrogen-bond acceptors (Lipinski definition) is 1. The van der Waals surface area contributed by atoms with Gasteiger partial charge in [0.05, 0.1) is 6.61 Å². The molecule has 3 heteroatoms. The van der Waals surface area contributed by atoms with Crippen LogP contribution in [0.3, 0.4) is 0 Å². The van der Waals surface area contributed by atoms with Crippen molar-refractivity contribution in [2.45, 2.75) is 25.4 Å². The van der Waals surface area contributed by atoms with Gasteiger partial charge in [-0.25, -0.2) is 4.39 Å². The first kappa shape index (κ1) is 8.97. The lowest BCUT2D eigenvalue weighted by Gasteiger charge is -2.07. The summed E-state index contributed by atoms with van der Waals surface area (Å²) in [5.74, 6) is -0.0449. The molecule has 0 radical (unpaired) electrons. The fourth-order valence-corrected chi connectivity index (χ4v) is 1.78. The van der Waals surface area contributed by atoms with E-state index in [1.165, 1.54) is 6.07 Å². The van der Waals surface area contributed by atoms with E-state index >= 15 is 0 Å². The van der Waals surface area contributed by atoms with Crippen LogP contribution in [-0.4, -0.2) is 5.11 Å². The van der Waals surface area contributed by atoms with Gasteiger partial charge in [0.15, 0.2) is 0 Å². The largest absolute Gasteiger partial charge is 0.392 e. The standard InChI is InChI=1S/C10H10ClFO/c11-8-4-3-7(5-13)10(12)9(8)6-1-2-6/h3-4,6,13H,1-2,5H2. The lowest BCUT2D eigenvalue weighted by Crippen LogP contribution is -1.96. The molecule has 1 fully saturated rings. The molecular weight excluding hydrogens is 191 g/mol. The van der Waals surface area contributed by atoms with Crippen LogP contribution in [0.4, 0.5) is 4.39 Å². The molecule has 0 spiro atoms. The van der Waals surface area contributed by atoms with E-state index in [0.29, 0.717) is 16.1 Å². The molecule has 13 heavy (non-hydrogen) atoms. The Labute approximate surface area is 81.1 Å². The van der Waals surface area contributed by atoms with Crippen molar-refractivity contribution in [3.8, 4) is 0 Å². The van der Waals surface area contributed by atoms with Crippen molar-refractivity contribution in [3.63, 3.8) is 0 Å². The maximum Gasteiger partial charge on any atom is 0.133 e. The Hall–Kier alpha value is -0.600. The van der Waals surface area contributed by atoms with E-state index in [4.69, 9.17) is 16.7 Å². The first-order valence-electron chi connectivity index (χ1n) is 4.31. The number of benzene rings is 1. The van der Waals surface area contributed by atoms with Gasteiger partial charge >= 0.3 is 0 Å². The monoisotopic (exact) mass is 200 g/mol. The Bertz CT molecular complexity index is 334. The summed E-state index contributed by atoms with van der Waals surface area (Å²) in [5.41, 5.74) is 0.930. The van der Waals surface area contributed by atoms with Gasteiger partial charge in [-0.2, -0.15) is 0 Å². The van der Waals surface area contributed by atoms with Crippen molar-refractivity contribution in [3.05, 3.63) is 34.1 Å². The third-order valence-corrected chi connectivity index (χ3v) is 2.69. The van der Waals surface area contributed by atoms with Gasteiger partial charge < -0.3 is 5.11 Å². The van der Waals surface area contributed by atoms with Crippen molar-refractivity contribution >= 4 is 11.6 Å². The fourth-order valence-electron chi connectivity index (χ4n) is 1.48. The van der Waals surface area contributed by atoms with Crippen molar-refractivity contribution in [1.82, 2.24) is 0 Å². The molecule has 70 valence electrons. The zero-order chi connectivity index (χ0) is 9.42. The van der Waals surface area contributed by atoms with Gasteiger partial charge in [-0.3, -0.25) is 0 Å². The third kappa shape index (κ3) is 1.56. The minimum atomic E-state index is -0.322. The summed E-state index contributed by atoms with van der Waals surface area (Å²) in [6.45, 7) is -0.261. The van der Waals surface area contributed by atoms with Gasteiger partial charge in [0.2, 0.25) is 0 Å². The molecule has 1 aliphatic rings. The molecule has 1 aliphatic carbocycles. The maximum atomic E-state index is 13.6. The highest BCUT2D eigenvalue weighted by molar-refractivity contribution is 6.31. The second-order valence-electron chi connectivity index (χ2n) is 3.37. The minimum absolute atomic E-state index is 0.261. The van der Waals surface area contributed by atoms with Crippen LogP contribution in [0.25, 0.3) is 0 Å². The van der Waals surface area contributed by atoms with Crippen LogP contribution in [0.2, 0.25) is 5.02 Å². The van der Waals surface area contributed by atoms with Gasteiger partial charge in [-0.05, 0) is 24.8 Å². The number of halogens is 2. The van der Waals surface area contributed by atoms with Gasteiger partial charge in [-0.1, -0.05) is 17.7 Å². The first-order chi connectivity index (χ1) is 6.24. The molecule has 1 saturated carbocycles. The summed E-state index contributed by atoms with van der Waals surface area (Å²) in [4.78, 5) is 0. The van der Waals surface area contributed by atoms with Gasteiger partial charge in [-0.15, -0.1) is 0 Å². The highest BCUT2D eigenvalue weighted by Crippen LogP contribution is 2.45. The molecule has 0 aromatic heterocycles. The fraction of sp³-hybridized carbons (Fsp3) is 0.400. The Morgan fingerprint density at radius 1 is 1.46 bits per heavy atom. The average molecular weight is 201 g/mol. The number of hydrogen-bond donors (Lipinski definition) is 1. The predicted molar refractivity (Wildman–Crippen MR) is 49.3 cm³/mol.